The lowest BCUT2D eigenvalue weighted by atomic mass is 9.88. The molecule has 0 saturated carbocycles. The minimum Gasteiger partial charge on any atom is -0.492 e. The predicted molar refractivity (Wildman–Crippen MR) is 152 cm³/mol. The first-order valence-corrected chi connectivity index (χ1v) is 13.3. The lowest BCUT2D eigenvalue weighted by molar-refractivity contribution is 0.220. The molecule has 0 aromatic heterocycles. The fourth-order valence-electron chi connectivity index (χ4n) is 5.10. The zero-order valence-electron chi connectivity index (χ0n) is 22.4. The Labute approximate surface area is 211 Å². The molecule has 0 atom stereocenters. The average Bonchev–Trinajstić information content (AvgIpc) is 2.87. The Morgan fingerprint density at radius 1 is 0.743 bits per heavy atom. The van der Waals surface area contributed by atoms with Crippen LogP contribution in [0.5, 0.6) is 5.75 Å². The highest BCUT2D eigenvalue weighted by Crippen LogP contribution is 2.39. The van der Waals surface area contributed by atoms with Crippen molar-refractivity contribution >= 4 is 21.5 Å². The number of likely N-dealkylation sites (N-methyl/N-ethyl adjacent to an activating group) is 1. The lowest BCUT2D eigenvalue weighted by Crippen LogP contribution is -2.28. The van der Waals surface area contributed by atoms with Crippen molar-refractivity contribution in [1.29, 1.82) is 0 Å². The fraction of sp³-hybridized carbons (Fsp3) is 0.394. The summed E-state index contributed by atoms with van der Waals surface area (Å²) in [6, 6.07) is 24.7. The van der Waals surface area contributed by atoms with Gasteiger partial charge in [-0.3, -0.25) is 0 Å². The van der Waals surface area contributed by atoms with Crippen molar-refractivity contribution in [2.75, 3.05) is 26.2 Å². The van der Waals surface area contributed by atoms with E-state index >= 15 is 0 Å². The van der Waals surface area contributed by atoms with Crippen LogP contribution in [0, 0.1) is 0 Å². The van der Waals surface area contributed by atoms with Crippen LogP contribution in [-0.4, -0.2) is 31.1 Å². The molecule has 0 unspecified atom stereocenters. The Morgan fingerprint density at radius 2 is 1.37 bits per heavy atom. The third kappa shape index (κ3) is 5.54. The van der Waals surface area contributed by atoms with Crippen LogP contribution in [-0.2, 0) is 6.42 Å². The molecule has 0 radical (unpaired) electrons. The second-order valence-corrected chi connectivity index (χ2v) is 10.3. The second-order valence-electron chi connectivity index (χ2n) is 10.3. The van der Waals surface area contributed by atoms with E-state index in [1.807, 2.05) is 0 Å². The number of benzene rings is 4. The van der Waals surface area contributed by atoms with Gasteiger partial charge >= 0.3 is 0 Å². The minimum atomic E-state index is 0.389. The average molecular weight is 468 g/mol. The highest BCUT2D eigenvalue weighted by Gasteiger charge is 2.19. The van der Waals surface area contributed by atoms with Gasteiger partial charge in [-0.1, -0.05) is 102 Å². The zero-order valence-corrected chi connectivity index (χ0v) is 22.4. The van der Waals surface area contributed by atoms with E-state index < -0.39 is 0 Å². The summed E-state index contributed by atoms with van der Waals surface area (Å²) >= 11 is 0. The molecule has 0 aliphatic carbocycles. The Kier molecular flexibility index (Phi) is 8.13. The van der Waals surface area contributed by atoms with Gasteiger partial charge in [-0.05, 0) is 69.2 Å². The Morgan fingerprint density at radius 3 is 2.00 bits per heavy atom. The van der Waals surface area contributed by atoms with E-state index in [0.717, 1.165) is 31.8 Å². The van der Waals surface area contributed by atoms with Crippen LogP contribution >= 0.6 is 0 Å². The van der Waals surface area contributed by atoms with Gasteiger partial charge in [0.2, 0.25) is 0 Å². The van der Waals surface area contributed by atoms with Crippen LogP contribution in [0.2, 0.25) is 0 Å². The molecule has 2 heteroatoms. The van der Waals surface area contributed by atoms with Gasteiger partial charge in [0.25, 0.3) is 0 Å². The third-order valence-electron chi connectivity index (χ3n) is 7.31. The van der Waals surface area contributed by atoms with Crippen molar-refractivity contribution < 1.29 is 4.74 Å². The van der Waals surface area contributed by atoms with Crippen molar-refractivity contribution in [3.8, 4) is 5.75 Å². The van der Waals surface area contributed by atoms with E-state index in [1.54, 1.807) is 0 Å². The molecule has 4 aromatic rings. The predicted octanol–water partition coefficient (Wildman–Crippen LogP) is 8.55. The highest BCUT2D eigenvalue weighted by molar-refractivity contribution is 5.91. The van der Waals surface area contributed by atoms with E-state index in [4.69, 9.17) is 4.74 Å². The van der Waals surface area contributed by atoms with Gasteiger partial charge in [-0.2, -0.15) is 0 Å². The van der Waals surface area contributed by atoms with Gasteiger partial charge in [0.15, 0.2) is 0 Å². The Hall–Kier alpha value is -2.84. The molecule has 4 rings (SSSR count). The van der Waals surface area contributed by atoms with Gasteiger partial charge in [-0.15, -0.1) is 0 Å². The van der Waals surface area contributed by atoms with Crippen LogP contribution in [0.4, 0.5) is 0 Å². The van der Waals surface area contributed by atoms with E-state index in [0.29, 0.717) is 18.4 Å². The van der Waals surface area contributed by atoms with Crippen molar-refractivity contribution in [2.45, 2.75) is 59.8 Å². The molecule has 0 heterocycles. The maximum absolute atomic E-state index is 6.69. The number of fused-ring (bicyclic) bond motifs is 2. The Balaban J connectivity index is 1.87. The summed E-state index contributed by atoms with van der Waals surface area (Å²) in [6.45, 7) is 17.3. The topological polar surface area (TPSA) is 12.5 Å². The molecule has 0 aliphatic rings. The highest BCUT2D eigenvalue weighted by atomic mass is 16.5. The molecule has 0 spiro atoms. The summed E-state index contributed by atoms with van der Waals surface area (Å²) in [7, 11) is 0. The largest absolute Gasteiger partial charge is 0.492 e. The molecule has 4 aromatic carbocycles. The standard InChI is InChI=1S/C33H41NO/c1-7-34(8-2)17-18-35-33-31(24(5)6)21-26-14-10-12-16-30(26)32(33)22-28-20-27(23(3)4)19-25-13-9-11-15-29(25)28/h9-16,19-21,23-24H,7-8,17-18,22H2,1-6H3. The summed E-state index contributed by atoms with van der Waals surface area (Å²) < 4.78 is 6.69. The van der Waals surface area contributed by atoms with Crippen LogP contribution in [0.15, 0.2) is 66.7 Å². The maximum Gasteiger partial charge on any atom is 0.126 e. The van der Waals surface area contributed by atoms with Gasteiger partial charge in [-0.25, -0.2) is 0 Å². The van der Waals surface area contributed by atoms with Gasteiger partial charge in [0.05, 0.1) is 0 Å². The van der Waals surface area contributed by atoms with Gasteiger partial charge in [0.1, 0.15) is 12.4 Å². The maximum atomic E-state index is 6.69. The van der Waals surface area contributed by atoms with Gasteiger partial charge in [0, 0.05) is 18.5 Å². The molecule has 2 nitrogen and oxygen atoms in total. The smallest absolute Gasteiger partial charge is 0.126 e. The van der Waals surface area contributed by atoms with Crippen molar-refractivity contribution in [3.05, 3.63) is 89.0 Å². The first kappa shape index (κ1) is 25.3. The molecule has 0 bridgehead atoms. The van der Waals surface area contributed by atoms with Crippen LogP contribution < -0.4 is 4.74 Å². The van der Waals surface area contributed by atoms with E-state index in [-0.39, 0.29) is 0 Å². The quantitative estimate of drug-likeness (QED) is 0.232. The van der Waals surface area contributed by atoms with Crippen molar-refractivity contribution in [3.63, 3.8) is 0 Å². The molecule has 0 amide bonds. The molecular weight excluding hydrogens is 426 g/mol. The number of hydrogen-bond acceptors (Lipinski definition) is 2. The monoisotopic (exact) mass is 467 g/mol. The summed E-state index contributed by atoms with van der Waals surface area (Å²) in [6.07, 6.45) is 0.864. The van der Waals surface area contributed by atoms with E-state index in [1.165, 1.54) is 43.8 Å². The molecule has 0 saturated heterocycles. The lowest BCUT2D eigenvalue weighted by Gasteiger charge is -2.23. The first-order chi connectivity index (χ1) is 16.9. The molecular formula is C33H41NO. The molecule has 184 valence electrons. The molecule has 0 fully saturated rings. The number of nitrogens with zero attached hydrogens (tertiary/aromatic N) is 1. The van der Waals surface area contributed by atoms with Crippen LogP contribution in [0.3, 0.4) is 0 Å². The summed E-state index contributed by atoms with van der Waals surface area (Å²) in [5.41, 5.74) is 5.40. The van der Waals surface area contributed by atoms with E-state index in [2.05, 4.69) is 113 Å². The molecule has 0 aliphatic heterocycles. The molecule has 35 heavy (non-hydrogen) atoms. The normalized spacial score (nSPS) is 11.9. The van der Waals surface area contributed by atoms with E-state index in [9.17, 15) is 0 Å². The number of hydrogen-bond donors (Lipinski definition) is 0. The summed E-state index contributed by atoms with van der Waals surface area (Å²) in [4.78, 5) is 2.43. The van der Waals surface area contributed by atoms with Gasteiger partial charge < -0.3 is 9.64 Å². The minimum absolute atomic E-state index is 0.389. The number of rotatable bonds is 10. The second kappa shape index (κ2) is 11.3. The number of ether oxygens (including phenoxy) is 1. The SMILES string of the molecule is CCN(CC)CCOc1c(C(C)C)cc2ccccc2c1Cc1cc(C(C)C)cc2ccccc12. The fourth-order valence-corrected chi connectivity index (χ4v) is 5.10. The molecule has 0 N–H and O–H groups in total. The van der Waals surface area contributed by atoms with Crippen molar-refractivity contribution in [2.24, 2.45) is 0 Å². The third-order valence-corrected chi connectivity index (χ3v) is 7.31. The summed E-state index contributed by atoms with van der Waals surface area (Å²) in [5.74, 6) is 1.97. The van der Waals surface area contributed by atoms with Crippen molar-refractivity contribution in [1.82, 2.24) is 4.90 Å². The van der Waals surface area contributed by atoms with Crippen LogP contribution in [0.25, 0.3) is 21.5 Å². The zero-order chi connectivity index (χ0) is 24.9. The first-order valence-electron chi connectivity index (χ1n) is 13.3. The summed E-state index contributed by atoms with van der Waals surface area (Å²) in [5, 5.41) is 5.26. The Bertz CT molecular complexity index is 1280. The van der Waals surface area contributed by atoms with Crippen LogP contribution in [0.1, 0.15) is 75.6 Å².